The summed E-state index contributed by atoms with van der Waals surface area (Å²) < 4.78 is 42.1. The summed E-state index contributed by atoms with van der Waals surface area (Å²) in [4.78, 5) is 3.83. The fourth-order valence-corrected chi connectivity index (χ4v) is 1.51. The van der Waals surface area contributed by atoms with Crippen molar-refractivity contribution in [1.82, 2.24) is 14.8 Å². The van der Waals surface area contributed by atoms with E-state index in [4.69, 9.17) is 0 Å². The molecule has 0 bridgehead atoms. The maximum atomic E-state index is 12.0. The molecule has 5 nitrogen and oxygen atoms in total. The highest BCUT2D eigenvalue weighted by Crippen LogP contribution is 2.17. The van der Waals surface area contributed by atoms with Gasteiger partial charge in [0, 0.05) is 25.5 Å². The number of nitrogens with zero attached hydrogens (tertiary/aromatic N) is 3. The Morgan fingerprint density at radius 2 is 2.10 bits per heavy atom. The number of halogens is 3. The number of nitrogens with one attached hydrogen (secondary N) is 1. The smallest absolute Gasteiger partial charge is 0.422 e. The highest BCUT2D eigenvalue weighted by Gasteiger charge is 2.28. The van der Waals surface area contributed by atoms with Crippen molar-refractivity contribution in [2.45, 2.75) is 12.7 Å². The second-order valence-corrected chi connectivity index (χ2v) is 4.09. The van der Waals surface area contributed by atoms with Crippen LogP contribution in [0.4, 0.5) is 18.9 Å². The van der Waals surface area contributed by atoms with Gasteiger partial charge in [0.1, 0.15) is 0 Å². The number of hydrogen-bond donors (Lipinski definition) is 1. The van der Waals surface area contributed by atoms with Crippen molar-refractivity contribution in [1.29, 1.82) is 0 Å². The van der Waals surface area contributed by atoms with Crippen LogP contribution in [0.25, 0.3) is 0 Å². The minimum absolute atomic E-state index is 0.0533. The molecule has 0 atom stereocenters. The molecule has 1 N–H and O–H groups in total. The maximum Gasteiger partial charge on any atom is 0.422 e. The third-order valence-electron chi connectivity index (χ3n) is 2.45. The fourth-order valence-electron chi connectivity index (χ4n) is 1.51. The zero-order valence-corrected chi connectivity index (χ0v) is 10.7. The average molecular weight is 286 g/mol. The highest BCUT2D eigenvalue weighted by molar-refractivity contribution is 5.37. The van der Waals surface area contributed by atoms with Gasteiger partial charge in [-0.2, -0.15) is 18.3 Å². The van der Waals surface area contributed by atoms with Crippen molar-refractivity contribution < 1.29 is 17.9 Å². The monoisotopic (exact) mass is 286 g/mol. The molecular formula is C12H13F3N4O. The summed E-state index contributed by atoms with van der Waals surface area (Å²) >= 11 is 0. The molecule has 2 aromatic rings. The molecule has 0 fully saturated rings. The average Bonchev–Trinajstić information content (AvgIpc) is 2.85. The summed E-state index contributed by atoms with van der Waals surface area (Å²) in [7, 11) is 1.79. The number of ether oxygens (including phenoxy) is 1. The third kappa shape index (κ3) is 4.15. The number of anilines is 1. The summed E-state index contributed by atoms with van der Waals surface area (Å²) in [5.41, 5.74) is 1.69. The minimum atomic E-state index is -4.36. The molecule has 0 aliphatic carbocycles. The fraction of sp³-hybridized carbons (Fsp3) is 0.333. The van der Waals surface area contributed by atoms with Crippen LogP contribution in [0.15, 0.2) is 30.7 Å². The predicted molar refractivity (Wildman–Crippen MR) is 66.7 cm³/mol. The molecule has 0 saturated carbocycles. The molecule has 2 rings (SSSR count). The second-order valence-electron chi connectivity index (χ2n) is 4.09. The van der Waals surface area contributed by atoms with Gasteiger partial charge < -0.3 is 10.1 Å². The van der Waals surface area contributed by atoms with Crippen LogP contribution >= 0.6 is 0 Å². The molecule has 0 radical (unpaired) electrons. The Balaban J connectivity index is 1.94. The zero-order chi connectivity index (χ0) is 14.6. The van der Waals surface area contributed by atoms with Crippen molar-refractivity contribution in [2.75, 3.05) is 19.0 Å². The summed E-state index contributed by atoms with van der Waals surface area (Å²) in [6, 6.07) is 3.06. The lowest BCUT2D eigenvalue weighted by Gasteiger charge is -2.08. The first kappa shape index (κ1) is 14.2. The number of hydrogen-bond acceptors (Lipinski definition) is 4. The van der Waals surface area contributed by atoms with Crippen LogP contribution in [0.5, 0.6) is 5.88 Å². The maximum absolute atomic E-state index is 12.0. The van der Waals surface area contributed by atoms with Gasteiger partial charge in [-0.1, -0.05) is 6.07 Å². The van der Waals surface area contributed by atoms with Crippen molar-refractivity contribution in [2.24, 2.45) is 0 Å². The van der Waals surface area contributed by atoms with Gasteiger partial charge in [-0.25, -0.2) is 4.98 Å². The minimum Gasteiger partial charge on any atom is -0.468 e. The Bertz CT molecular complexity index is 551. The number of aromatic nitrogens is 3. The van der Waals surface area contributed by atoms with Gasteiger partial charge in [-0.05, 0) is 5.56 Å². The summed E-state index contributed by atoms with van der Waals surface area (Å²) in [6.45, 7) is -0.863. The van der Waals surface area contributed by atoms with E-state index < -0.39 is 12.8 Å². The molecule has 20 heavy (non-hydrogen) atoms. The summed E-state index contributed by atoms with van der Waals surface area (Å²) in [6.07, 6.45) is 0.591. The number of rotatable bonds is 5. The van der Waals surface area contributed by atoms with Gasteiger partial charge in [0.2, 0.25) is 5.88 Å². The highest BCUT2D eigenvalue weighted by atomic mass is 19.4. The third-order valence-corrected chi connectivity index (χ3v) is 2.45. The summed E-state index contributed by atoms with van der Waals surface area (Å²) in [5, 5.41) is 7.07. The van der Waals surface area contributed by atoms with E-state index in [0.29, 0.717) is 6.54 Å². The molecule has 108 valence electrons. The SMILES string of the molecule is CNc1cnn(Cc2ccc(OCC(F)(F)F)nc2)c1. The topological polar surface area (TPSA) is 52.0 Å². The molecule has 0 unspecified atom stereocenters. The molecule has 2 heterocycles. The van der Waals surface area contributed by atoms with Crippen LogP contribution in [-0.4, -0.2) is 34.6 Å². The van der Waals surface area contributed by atoms with Gasteiger partial charge in [-0.3, -0.25) is 4.68 Å². The van der Waals surface area contributed by atoms with Crippen molar-refractivity contribution in [3.05, 3.63) is 36.3 Å². The van der Waals surface area contributed by atoms with Crippen LogP contribution in [0, 0.1) is 0 Å². The molecule has 8 heteroatoms. The predicted octanol–water partition coefficient (Wildman–Crippen LogP) is 2.31. The first-order valence-electron chi connectivity index (χ1n) is 5.81. The molecular weight excluding hydrogens is 273 g/mol. The lowest BCUT2D eigenvalue weighted by molar-refractivity contribution is -0.154. The summed E-state index contributed by atoms with van der Waals surface area (Å²) in [5.74, 6) is -0.0533. The van der Waals surface area contributed by atoms with Crippen molar-refractivity contribution in [3.8, 4) is 5.88 Å². The van der Waals surface area contributed by atoms with Gasteiger partial charge in [-0.15, -0.1) is 0 Å². The van der Waals surface area contributed by atoms with Crippen molar-refractivity contribution >= 4 is 5.69 Å². The van der Waals surface area contributed by atoms with Crippen LogP contribution in [0.3, 0.4) is 0 Å². The van der Waals surface area contributed by atoms with Gasteiger partial charge in [0.15, 0.2) is 6.61 Å². The van der Waals surface area contributed by atoms with E-state index in [0.717, 1.165) is 11.3 Å². The van der Waals surface area contributed by atoms with E-state index in [2.05, 4.69) is 20.1 Å². The van der Waals surface area contributed by atoms with Crippen LogP contribution in [0.2, 0.25) is 0 Å². The van der Waals surface area contributed by atoms with Crippen LogP contribution in [0.1, 0.15) is 5.56 Å². The van der Waals surface area contributed by atoms with E-state index in [1.807, 2.05) is 6.20 Å². The van der Waals surface area contributed by atoms with E-state index in [1.165, 1.54) is 12.3 Å². The van der Waals surface area contributed by atoms with E-state index in [9.17, 15) is 13.2 Å². The Morgan fingerprint density at radius 1 is 1.30 bits per heavy atom. The van der Waals surface area contributed by atoms with E-state index in [-0.39, 0.29) is 5.88 Å². The van der Waals surface area contributed by atoms with Gasteiger partial charge >= 0.3 is 6.18 Å². The van der Waals surface area contributed by atoms with E-state index in [1.54, 1.807) is 24.0 Å². The molecule has 2 aromatic heterocycles. The van der Waals surface area contributed by atoms with E-state index >= 15 is 0 Å². The zero-order valence-electron chi connectivity index (χ0n) is 10.7. The largest absolute Gasteiger partial charge is 0.468 e. The van der Waals surface area contributed by atoms with Crippen LogP contribution in [-0.2, 0) is 6.54 Å². The van der Waals surface area contributed by atoms with Crippen LogP contribution < -0.4 is 10.1 Å². The van der Waals surface area contributed by atoms with Crippen molar-refractivity contribution in [3.63, 3.8) is 0 Å². The molecule has 0 amide bonds. The van der Waals surface area contributed by atoms with Gasteiger partial charge in [0.25, 0.3) is 0 Å². The Hall–Kier alpha value is -2.25. The lowest BCUT2D eigenvalue weighted by atomic mass is 10.3. The first-order chi connectivity index (χ1) is 9.46. The number of alkyl halides is 3. The van der Waals surface area contributed by atoms with Gasteiger partial charge in [0.05, 0.1) is 18.4 Å². The normalized spacial score (nSPS) is 11.4. The molecule has 0 aromatic carbocycles. The Morgan fingerprint density at radius 3 is 2.65 bits per heavy atom. The molecule has 0 saturated heterocycles. The second kappa shape index (κ2) is 5.81. The molecule has 0 aliphatic rings. The lowest BCUT2D eigenvalue weighted by Crippen LogP contribution is -2.19. The number of pyridine rings is 1. The Kier molecular flexibility index (Phi) is 4.11. The quantitative estimate of drug-likeness (QED) is 0.916. The molecule has 0 spiro atoms. The Labute approximate surface area is 113 Å². The first-order valence-corrected chi connectivity index (χ1v) is 5.81. The standard InChI is InChI=1S/C12H13F3N4O/c1-16-10-5-18-19(7-10)6-9-2-3-11(17-4-9)20-8-12(13,14)15/h2-5,7,16H,6,8H2,1H3. The molecule has 0 aliphatic heterocycles.